The Balaban J connectivity index is 2.46. The van der Waals surface area contributed by atoms with Gasteiger partial charge in [0.1, 0.15) is 5.78 Å². The van der Waals surface area contributed by atoms with Gasteiger partial charge in [-0.25, -0.2) is 0 Å². The maximum Gasteiger partial charge on any atom is 0.223 e. The fraction of sp³-hybridized carbons (Fsp3) is 0.867. The molecule has 0 bridgehead atoms. The number of hydrogen-bond acceptors (Lipinski definition) is 3. The van der Waals surface area contributed by atoms with E-state index in [2.05, 4.69) is 10.2 Å². The summed E-state index contributed by atoms with van der Waals surface area (Å²) in [5.41, 5.74) is 0. The number of amides is 1. The van der Waals surface area contributed by atoms with Crippen LogP contribution in [0.1, 0.15) is 45.4 Å². The van der Waals surface area contributed by atoms with E-state index in [-0.39, 0.29) is 23.5 Å². The topological polar surface area (TPSA) is 49.4 Å². The third kappa shape index (κ3) is 5.72. The molecule has 0 radical (unpaired) electrons. The number of carbonyl (C=O) groups excluding carboxylic acids is 2. The molecule has 1 unspecified atom stereocenters. The molecular formula is C15H28N2O2. The van der Waals surface area contributed by atoms with Gasteiger partial charge in [-0.05, 0) is 32.9 Å². The molecule has 1 aliphatic rings. The van der Waals surface area contributed by atoms with Gasteiger partial charge in [0.05, 0.1) is 0 Å². The monoisotopic (exact) mass is 268 g/mol. The molecule has 110 valence electrons. The summed E-state index contributed by atoms with van der Waals surface area (Å²) in [6.45, 7) is 3.45. The summed E-state index contributed by atoms with van der Waals surface area (Å²) in [6.07, 6.45) is 5.41. The first-order valence-corrected chi connectivity index (χ1v) is 7.48. The molecule has 0 saturated heterocycles. The van der Waals surface area contributed by atoms with Crippen LogP contribution in [-0.2, 0) is 9.59 Å². The van der Waals surface area contributed by atoms with E-state index in [0.29, 0.717) is 19.4 Å². The van der Waals surface area contributed by atoms with Crippen LogP contribution in [0.25, 0.3) is 0 Å². The van der Waals surface area contributed by atoms with Crippen LogP contribution in [0, 0.1) is 11.8 Å². The second kappa shape index (κ2) is 8.31. The summed E-state index contributed by atoms with van der Waals surface area (Å²) in [4.78, 5) is 25.9. The van der Waals surface area contributed by atoms with E-state index in [4.69, 9.17) is 0 Å². The summed E-state index contributed by atoms with van der Waals surface area (Å²) in [5.74, 6) is 0.750. The minimum atomic E-state index is 0.0476. The van der Waals surface area contributed by atoms with E-state index in [1.54, 1.807) is 0 Å². The second-order valence-electron chi connectivity index (χ2n) is 5.84. The Bertz CT molecular complexity index is 303. The lowest BCUT2D eigenvalue weighted by atomic mass is 9.76. The molecule has 1 N–H and O–H groups in total. The van der Waals surface area contributed by atoms with Gasteiger partial charge in [0.2, 0.25) is 5.91 Å². The predicted octanol–water partition coefficient (Wildman–Crippen LogP) is 1.84. The van der Waals surface area contributed by atoms with E-state index in [1.807, 2.05) is 21.0 Å². The Morgan fingerprint density at radius 1 is 1.21 bits per heavy atom. The third-order valence-corrected chi connectivity index (χ3v) is 3.99. The zero-order chi connectivity index (χ0) is 14.3. The molecule has 0 aliphatic heterocycles. The molecule has 0 spiro atoms. The van der Waals surface area contributed by atoms with Crippen molar-refractivity contribution in [1.29, 1.82) is 0 Å². The molecule has 0 aromatic rings. The summed E-state index contributed by atoms with van der Waals surface area (Å²) in [7, 11) is 3.99. The number of Topliss-reactive ketones (excluding diaryl/α,β-unsaturated/α-hetero) is 1. The number of rotatable bonds is 7. The van der Waals surface area contributed by atoms with Crippen LogP contribution in [0.4, 0.5) is 0 Å². The Morgan fingerprint density at radius 3 is 2.53 bits per heavy atom. The molecule has 1 fully saturated rings. The van der Waals surface area contributed by atoms with Gasteiger partial charge >= 0.3 is 0 Å². The van der Waals surface area contributed by atoms with Crippen molar-refractivity contribution in [3.05, 3.63) is 0 Å². The highest BCUT2D eigenvalue weighted by atomic mass is 16.2. The standard InChI is InChI=1S/C15H28N2O2/c1-4-13(18)11-12-7-5-6-8-14(12)15(19)16-9-10-17(2)3/h12,14H,4-11H2,1-3H3,(H,16,19)/t12-,14?/m0/s1. The number of likely N-dealkylation sites (N-methyl/N-ethyl adjacent to an activating group) is 1. The Morgan fingerprint density at radius 2 is 1.89 bits per heavy atom. The van der Waals surface area contributed by atoms with Gasteiger partial charge in [-0.1, -0.05) is 19.8 Å². The molecular weight excluding hydrogens is 240 g/mol. The van der Waals surface area contributed by atoms with Crippen molar-refractivity contribution < 1.29 is 9.59 Å². The molecule has 4 nitrogen and oxygen atoms in total. The second-order valence-corrected chi connectivity index (χ2v) is 5.84. The number of nitrogens with zero attached hydrogens (tertiary/aromatic N) is 1. The predicted molar refractivity (Wildman–Crippen MR) is 76.9 cm³/mol. The summed E-state index contributed by atoms with van der Waals surface area (Å²) >= 11 is 0. The number of ketones is 1. The SMILES string of the molecule is CCC(=O)C[C@@H]1CCCCC1C(=O)NCCN(C)C. The number of nitrogens with one attached hydrogen (secondary N) is 1. The van der Waals surface area contributed by atoms with Crippen molar-refractivity contribution >= 4 is 11.7 Å². The largest absolute Gasteiger partial charge is 0.355 e. The highest BCUT2D eigenvalue weighted by molar-refractivity contribution is 5.82. The smallest absolute Gasteiger partial charge is 0.223 e. The fourth-order valence-corrected chi connectivity index (χ4v) is 2.77. The van der Waals surface area contributed by atoms with E-state index in [0.717, 1.165) is 32.2 Å². The molecule has 19 heavy (non-hydrogen) atoms. The molecule has 1 saturated carbocycles. The van der Waals surface area contributed by atoms with Crippen LogP contribution in [0.15, 0.2) is 0 Å². The van der Waals surface area contributed by atoms with Crippen LogP contribution < -0.4 is 5.32 Å². The van der Waals surface area contributed by atoms with Crippen molar-refractivity contribution in [2.45, 2.75) is 45.4 Å². The normalized spacial score (nSPS) is 23.4. The fourth-order valence-electron chi connectivity index (χ4n) is 2.77. The lowest BCUT2D eigenvalue weighted by molar-refractivity contribution is -0.129. The lowest BCUT2D eigenvalue weighted by Crippen LogP contribution is -2.40. The number of carbonyl (C=O) groups is 2. The molecule has 1 aliphatic carbocycles. The third-order valence-electron chi connectivity index (χ3n) is 3.99. The highest BCUT2D eigenvalue weighted by Crippen LogP contribution is 2.32. The van der Waals surface area contributed by atoms with Crippen molar-refractivity contribution in [3.63, 3.8) is 0 Å². The van der Waals surface area contributed by atoms with Crippen LogP contribution in [0.5, 0.6) is 0 Å². The van der Waals surface area contributed by atoms with Gasteiger partial charge in [0, 0.05) is 31.8 Å². The molecule has 2 atom stereocenters. The zero-order valence-electron chi connectivity index (χ0n) is 12.6. The maximum atomic E-state index is 12.2. The van der Waals surface area contributed by atoms with E-state index in [9.17, 15) is 9.59 Å². The summed E-state index contributed by atoms with van der Waals surface area (Å²) in [5, 5.41) is 3.01. The van der Waals surface area contributed by atoms with Crippen molar-refractivity contribution in [2.75, 3.05) is 27.2 Å². The van der Waals surface area contributed by atoms with Gasteiger partial charge < -0.3 is 10.2 Å². The van der Waals surface area contributed by atoms with Crippen molar-refractivity contribution in [1.82, 2.24) is 10.2 Å². The van der Waals surface area contributed by atoms with Crippen LogP contribution in [0.3, 0.4) is 0 Å². The van der Waals surface area contributed by atoms with Crippen LogP contribution in [-0.4, -0.2) is 43.8 Å². The van der Waals surface area contributed by atoms with Gasteiger partial charge in [-0.15, -0.1) is 0 Å². The molecule has 0 aromatic carbocycles. The molecule has 1 rings (SSSR count). The van der Waals surface area contributed by atoms with Gasteiger partial charge in [-0.2, -0.15) is 0 Å². The maximum absolute atomic E-state index is 12.2. The van der Waals surface area contributed by atoms with E-state index < -0.39 is 0 Å². The number of hydrogen-bond donors (Lipinski definition) is 1. The van der Waals surface area contributed by atoms with Gasteiger partial charge in [-0.3, -0.25) is 9.59 Å². The zero-order valence-corrected chi connectivity index (χ0v) is 12.6. The average Bonchev–Trinajstić information content (AvgIpc) is 2.38. The Hall–Kier alpha value is -0.900. The first kappa shape index (κ1) is 16.2. The average molecular weight is 268 g/mol. The van der Waals surface area contributed by atoms with E-state index in [1.165, 1.54) is 0 Å². The first-order valence-electron chi connectivity index (χ1n) is 7.48. The molecule has 4 heteroatoms. The summed E-state index contributed by atoms with van der Waals surface area (Å²) in [6, 6.07) is 0. The molecule has 0 aromatic heterocycles. The Labute approximate surface area is 116 Å². The minimum absolute atomic E-state index is 0.0476. The van der Waals surface area contributed by atoms with E-state index >= 15 is 0 Å². The van der Waals surface area contributed by atoms with Gasteiger partial charge in [0.25, 0.3) is 0 Å². The summed E-state index contributed by atoms with van der Waals surface area (Å²) < 4.78 is 0. The minimum Gasteiger partial charge on any atom is -0.355 e. The van der Waals surface area contributed by atoms with Crippen molar-refractivity contribution in [3.8, 4) is 0 Å². The lowest BCUT2D eigenvalue weighted by Gasteiger charge is -2.30. The Kier molecular flexibility index (Phi) is 7.06. The van der Waals surface area contributed by atoms with Crippen LogP contribution in [0.2, 0.25) is 0 Å². The molecule has 0 heterocycles. The molecule has 1 amide bonds. The van der Waals surface area contributed by atoms with Crippen molar-refractivity contribution in [2.24, 2.45) is 11.8 Å². The highest BCUT2D eigenvalue weighted by Gasteiger charge is 2.31. The van der Waals surface area contributed by atoms with Crippen LogP contribution >= 0.6 is 0 Å². The van der Waals surface area contributed by atoms with Gasteiger partial charge in [0.15, 0.2) is 0 Å². The quantitative estimate of drug-likeness (QED) is 0.766. The first-order chi connectivity index (χ1) is 9.04.